The van der Waals surface area contributed by atoms with Gasteiger partial charge in [0.1, 0.15) is 6.61 Å². The van der Waals surface area contributed by atoms with Crippen LogP contribution in [0.2, 0.25) is 0 Å². The average Bonchev–Trinajstić information content (AvgIpc) is 2.87. The summed E-state index contributed by atoms with van der Waals surface area (Å²) in [7, 11) is 1.19. The first-order valence-electron chi connectivity index (χ1n) is 6.10. The Morgan fingerprint density at radius 3 is 2.55 bits per heavy atom. The van der Waals surface area contributed by atoms with Gasteiger partial charge >= 0.3 is 17.9 Å². The summed E-state index contributed by atoms with van der Waals surface area (Å²) >= 11 is 0. The van der Waals surface area contributed by atoms with Gasteiger partial charge in [0.2, 0.25) is 5.60 Å². The number of methoxy groups -OCH3 is 1. The van der Waals surface area contributed by atoms with Gasteiger partial charge in [-0.25, -0.2) is 9.59 Å². The first-order valence-corrected chi connectivity index (χ1v) is 6.10. The lowest BCUT2D eigenvalue weighted by atomic mass is 10.0. The molecule has 1 saturated heterocycles. The molecule has 106 valence electrons. The molecule has 1 aromatic carbocycles. The number of benzene rings is 1. The van der Waals surface area contributed by atoms with E-state index in [1.807, 2.05) is 0 Å². The van der Waals surface area contributed by atoms with Crippen molar-refractivity contribution in [1.82, 2.24) is 0 Å². The van der Waals surface area contributed by atoms with Crippen LogP contribution in [0.4, 0.5) is 0 Å². The lowest BCUT2D eigenvalue weighted by molar-refractivity contribution is -0.176. The molecule has 2 rings (SSSR count). The predicted octanol–water partition coefficient (Wildman–Crippen LogP) is 1.09. The molecule has 1 aliphatic rings. The van der Waals surface area contributed by atoms with Crippen molar-refractivity contribution >= 4 is 17.9 Å². The molecule has 6 nitrogen and oxygen atoms in total. The fraction of sp³-hybridized carbons (Fsp3) is 0.357. The van der Waals surface area contributed by atoms with Gasteiger partial charge in [0.05, 0.1) is 19.1 Å². The highest BCUT2D eigenvalue weighted by molar-refractivity contribution is 5.90. The van der Waals surface area contributed by atoms with Gasteiger partial charge in [0, 0.05) is 6.42 Å². The SMILES string of the molecule is COC(=O)[C@]1(COC(=O)c2ccccc2)CCC(=O)O1. The number of hydrogen-bond acceptors (Lipinski definition) is 6. The van der Waals surface area contributed by atoms with Crippen LogP contribution in [0, 0.1) is 0 Å². The first kappa shape index (κ1) is 14.0. The minimum absolute atomic E-state index is 0.0952. The molecular formula is C14H14O6. The van der Waals surface area contributed by atoms with Crippen molar-refractivity contribution in [3.05, 3.63) is 35.9 Å². The summed E-state index contributed by atoms with van der Waals surface area (Å²) < 4.78 is 14.7. The Morgan fingerprint density at radius 1 is 1.30 bits per heavy atom. The monoisotopic (exact) mass is 278 g/mol. The van der Waals surface area contributed by atoms with E-state index in [1.54, 1.807) is 30.3 Å². The second-order valence-electron chi connectivity index (χ2n) is 4.40. The third kappa shape index (κ3) is 2.79. The zero-order valence-electron chi connectivity index (χ0n) is 11.0. The lowest BCUT2D eigenvalue weighted by Crippen LogP contribution is -2.44. The van der Waals surface area contributed by atoms with Crippen molar-refractivity contribution < 1.29 is 28.6 Å². The highest BCUT2D eigenvalue weighted by Crippen LogP contribution is 2.28. The Morgan fingerprint density at radius 2 is 2.00 bits per heavy atom. The minimum atomic E-state index is -1.52. The smallest absolute Gasteiger partial charge is 0.354 e. The van der Waals surface area contributed by atoms with Crippen LogP contribution in [0.5, 0.6) is 0 Å². The number of carbonyl (C=O) groups excluding carboxylic acids is 3. The predicted molar refractivity (Wildman–Crippen MR) is 66.8 cm³/mol. The number of rotatable bonds is 4. The Kier molecular flexibility index (Phi) is 4.02. The normalized spacial score (nSPS) is 21.1. The van der Waals surface area contributed by atoms with E-state index in [0.29, 0.717) is 5.56 Å². The summed E-state index contributed by atoms with van der Waals surface area (Å²) in [5.74, 6) is -1.81. The van der Waals surface area contributed by atoms with Crippen molar-refractivity contribution in [3.8, 4) is 0 Å². The maximum absolute atomic E-state index is 11.8. The molecule has 6 heteroatoms. The molecule has 0 bridgehead atoms. The maximum atomic E-state index is 11.8. The molecule has 1 atom stereocenters. The molecule has 0 unspecified atom stereocenters. The highest BCUT2D eigenvalue weighted by Gasteiger charge is 2.49. The van der Waals surface area contributed by atoms with E-state index >= 15 is 0 Å². The van der Waals surface area contributed by atoms with Crippen LogP contribution >= 0.6 is 0 Å². The van der Waals surface area contributed by atoms with Gasteiger partial charge in [0.15, 0.2) is 0 Å². The molecule has 0 radical (unpaired) electrons. The van der Waals surface area contributed by atoms with Crippen LogP contribution in [-0.2, 0) is 23.8 Å². The number of cyclic esters (lactones) is 1. The third-order valence-corrected chi connectivity index (χ3v) is 3.05. The van der Waals surface area contributed by atoms with Gasteiger partial charge in [0.25, 0.3) is 0 Å². The Bertz CT molecular complexity index is 524. The molecule has 0 spiro atoms. The van der Waals surface area contributed by atoms with Gasteiger partial charge in [-0.1, -0.05) is 18.2 Å². The molecule has 1 fully saturated rings. The van der Waals surface area contributed by atoms with Crippen molar-refractivity contribution in [2.24, 2.45) is 0 Å². The second kappa shape index (κ2) is 5.73. The van der Waals surface area contributed by atoms with E-state index in [2.05, 4.69) is 4.74 Å². The second-order valence-corrected chi connectivity index (χ2v) is 4.40. The van der Waals surface area contributed by atoms with E-state index < -0.39 is 23.5 Å². The standard InChI is InChI=1S/C14H14O6/c1-18-13(17)14(8-7-11(15)20-14)9-19-12(16)10-5-3-2-4-6-10/h2-6H,7-9H2,1H3/t14-/m1/s1. The summed E-state index contributed by atoms with van der Waals surface area (Å²) in [6.45, 7) is -0.348. The number of hydrogen-bond donors (Lipinski definition) is 0. The van der Waals surface area contributed by atoms with Crippen LogP contribution in [0.25, 0.3) is 0 Å². The van der Waals surface area contributed by atoms with Gasteiger partial charge in [-0.15, -0.1) is 0 Å². The minimum Gasteiger partial charge on any atom is -0.466 e. The van der Waals surface area contributed by atoms with Crippen molar-refractivity contribution in [3.63, 3.8) is 0 Å². The molecule has 1 aromatic rings. The van der Waals surface area contributed by atoms with Gasteiger partial charge in [-0.3, -0.25) is 4.79 Å². The van der Waals surface area contributed by atoms with Crippen LogP contribution in [0.3, 0.4) is 0 Å². The molecule has 20 heavy (non-hydrogen) atoms. The Balaban J connectivity index is 2.05. The quantitative estimate of drug-likeness (QED) is 0.606. The van der Waals surface area contributed by atoms with E-state index in [9.17, 15) is 14.4 Å². The van der Waals surface area contributed by atoms with E-state index in [4.69, 9.17) is 9.47 Å². The third-order valence-electron chi connectivity index (χ3n) is 3.05. The van der Waals surface area contributed by atoms with E-state index in [1.165, 1.54) is 7.11 Å². The summed E-state index contributed by atoms with van der Waals surface area (Å²) in [5, 5.41) is 0. The van der Waals surface area contributed by atoms with Crippen LogP contribution in [-0.4, -0.2) is 37.2 Å². The Hall–Kier alpha value is -2.37. The van der Waals surface area contributed by atoms with Crippen molar-refractivity contribution in [1.29, 1.82) is 0 Å². The molecular weight excluding hydrogens is 264 g/mol. The summed E-state index contributed by atoms with van der Waals surface area (Å²) in [6, 6.07) is 8.34. The van der Waals surface area contributed by atoms with E-state index in [0.717, 1.165) is 0 Å². The summed E-state index contributed by atoms with van der Waals surface area (Å²) in [4.78, 5) is 34.8. The topological polar surface area (TPSA) is 78.9 Å². The largest absolute Gasteiger partial charge is 0.466 e. The van der Waals surface area contributed by atoms with Crippen LogP contribution in [0.1, 0.15) is 23.2 Å². The lowest BCUT2D eigenvalue weighted by Gasteiger charge is -2.23. The summed E-state index contributed by atoms with van der Waals surface area (Å²) in [5.41, 5.74) is -1.16. The molecule has 0 aromatic heterocycles. The maximum Gasteiger partial charge on any atom is 0.354 e. The zero-order valence-corrected chi connectivity index (χ0v) is 11.0. The van der Waals surface area contributed by atoms with E-state index in [-0.39, 0.29) is 19.4 Å². The van der Waals surface area contributed by atoms with Gasteiger partial charge < -0.3 is 14.2 Å². The van der Waals surface area contributed by atoms with Crippen LogP contribution < -0.4 is 0 Å². The first-order chi connectivity index (χ1) is 9.57. The fourth-order valence-electron chi connectivity index (χ4n) is 1.95. The molecule has 0 amide bonds. The van der Waals surface area contributed by atoms with Gasteiger partial charge in [-0.2, -0.15) is 0 Å². The van der Waals surface area contributed by atoms with Crippen molar-refractivity contribution in [2.45, 2.75) is 18.4 Å². The molecule has 0 saturated carbocycles. The fourth-order valence-corrected chi connectivity index (χ4v) is 1.95. The molecule has 1 heterocycles. The molecule has 0 aliphatic carbocycles. The number of esters is 3. The average molecular weight is 278 g/mol. The number of ether oxygens (including phenoxy) is 3. The molecule has 0 N–H and O–H groups in total. The summed E-state index contributed by atoms with van der Waals surface area (Å²) in [6.07, 6.45) is 0.235. The molecule has 1 aliphatic heterocycles. The number of carbonyl (C=O) groups is 3. The Labute approximate surface area is 115 Å². The zero-order chi connectivity index (χ0) is 14.6. The highest BCUT2D eigenvalue weighted by atomic mass is 16.6. The van der Waals surface area contributed by atoms with Crippen LogP contribution in [0.15, 0.2) is 30.3 Å². The van der Waals surface area contributed by atoms with Gasteiger partial charge in [-0.05, 0) is 12.1 Å². The van der Waals surface area contributed by atoms with Crippen molar-refractivity contribution in [2.75, 3.05) is 13.7 Å².